The number of hydrogen-bond donors (Lipinski definition) is 5. The van der Waals surface area contributed by atoms with Crippen LogP contribution in [-0.4, -0.2) is 53.0 Å². The minimum Gasteiger partial charge on any atom is -0.480 e. The molecule has 3 amide bonds. The first-order chi connectivity index (χ1) is 13.5. The molecule has 160 valence electrons. The number of rotatable bonds is 10. The Hall–Kier alpha value is -2.94. The minimum absolute atomic E-state index is 0.289. The van der Waals surface area contributed by atoms with Gasteiger partial charge in [-0.15, -0.1) is 0 Å². The summed E-state index contributed by atoms with van der Waals surface area (Å²) in [5, 5.41) is 16.3. The van der Waals surface area contributed by atoms with Gasteiger partial charge in [0.25, 0.3) is 0 Å². The van der Waals surface area contributed by atoms with Gasteiger partial charge in [-0.1, -0.05) is 44.2 Å². The number of benzene rings is 1. The van der Waals surface area contributed by atoms with E-state index in [1.54, 1.807) is 13.8 Å². The Morgan fingerprint density at radius 1 is 0.862 bits per heavy atom. The topological polar surface area (TPSA) is 151 Å². The average molecular weight is 406 g/mol. The van der Waals surface area contributed by atoms with Gasteiger partial charge in [0.1, 0.15) is 18.1 Å². The van der Waals surface area contributed by atoms with E-state index in [4.69, 9.17) is 10.8 Å². The van der Waals surface area contributed by atoms with Gasteiger partial charge in [-0.3, -0.25) is 19.2 Å². The summed E-state index contributed by atoms with van der Waals surface area (Å²) < 4.78 is 0. The van der Waals surface area contributed by atoms with Gasteiger partial charge in [0.2, 0.25) is 17.7 Å². The Kier molecular flexibility index (Phi) is 9.27. The van der Waals surface area contributed by atoms with Crippen molar-refractivity contribution in [3.63, 3.8) is 0 Å². The molecular weight excluding hydrogens is 376 g/mol. The second-order valence-corrected chi connectivity index (χ2v) is 7.33. The molecule has 0 radical (unpaired) electrons. The fourth-order valence-electron chi connectivity index (χ4n) is 2.52. The van der Waals surface area contributed by atoms with Crippen molar-refractivity contribution in [3.05, 3.63) is 35.9 Å². The quantitative estimate of drug-likeness (QED) is 0.363. The van der Waals surface area contributed by atoms with E-state index in [9.17, 15) is 19.2 Å². The molecule has 0 heterocycles. The molecule has 1 aromatic carbocycles. The molecule has 1 aromatic rings. The Morgan fingerprint density at radius 3 is 1.93 bits per heavy atom. The van der Waals surface area contributed by atoms with Crippen molar-refractivity contribution >= 4 is 23.7 Å². The van der Waals surface area contributed by atoms with Crippen molar-refractivity contribution < 1.29 is 24.3 Å². The summed E-state index contributed by atoms with van der Waals surface area (Å²) in [4.78, 5) is 47.9. The van der Waals surface area contributed by atoms with Crippen LogP contribution in [0.4, 0.5) is 0 Å². The molecule has 0 aliphatic heterocycles. The first-order valence-corrected chi connectivity index (χ1v) is 9.46. The number of carbonyl (C=O) groups excluding carboxylic acids is 3. The van der Waals surface area contributed by atoms with Crippen LogP contribution >= 0.6 is 0 Å². The van der Waals surface area contributed by atoms with Crippen LogP contribution in [0.5, 0.6) is 0 Å². The zero-order valence-corrected chi connectivity index (χ0v) is 17.1. The monoisotopic (exact) mass is 406 g/mol. The second-order valence-electron chi connectivity index (χ2n) is 7.33. The van der Waals surface area contributed by atoms with E-state index < -0.39 is 47.9 Å². The number of hydrogen-bond acceptors (Lipinski definition) is 5. The van der Waals surface area contributed by atoms with Crippen molar-refractivity contribution in [2.24, 2.45) is 11.7 Å². The number of amides is 3. The summed E-state index contributed by atoms with van der Waals surface area (Å²) in [6.07, 6.45) is 0.325. The Bertz CT molecular complexity index is 723. The summed E-state index contributed by atoms with van der Waals surface area (Å²) in [7, 11) is 0. The molecule has 6 N–H and O–H groups in total. The number of aliphatic carboxylic acids is 1. The Labute approximate surface area is 170 Å². The lowest BCUT2D eigenvalue weighted by molar-refractivity contribution is -0.142. The standard InChI is InChI=1S/C20H30N4O5/c1-11(2)16(19(27)23-13(4)20(28)29)24-17(25)12(3)22-18(26)15(21)10-14-8-6-5-7-9-14/h5-9,11-13,15-16H,10,21H2,1-4H3,(H,22,26)(H,23,27)(H,24,25)(H,28,29)/t12-,13-,15-,16-/m1/s1. The van der Waals surface area contributed by atoms with Gasteiger partial charge in [0.15, 0.2) is 0 Å². The van der Waals surface area contributed by atoms with E-state index in [0.717, 1.165) is 5.56 Å². The number of nitrogens with one attached hydrogen (secondary N) is 3. The van der Waals surface area contributed by atoms with Gasteiger partial charge in [-0.25, -0.2) is 0 Å². The van der Waals surface area contributed by atoms with E-state index in [1.165, 1.54) is 13.8 Å². The zero-order valence-electron chi connectivity index (χ0n) is 17.1. The third kappa shape index (κ3) is 7.90. The first-order valence-electron chi connectivity index (χ1n) is 9.46. The summed E-state index contributed by atoms with van der Waals surface area (Å²) in [5.74, 6) is -3.13. The maximum Gasteiger partial charge on any atom is 0.325 e. The van der Waals surface area contributed by atoms with E-state index in [1.807, 2.05) is 30.3 Å². The van der Waals surface area contributed by atoms with Crippen LogP contribution in [0.1, 0.15) is 33.3 Å². The molecule has 9 heteroatoms. The largest absolute Gasteiger partial charge is 0.480 e. The Balaban J connectivity index is 2.64. The van der Waals surface area contributed by atoms with E-state index >= 15 is 0 Å². The lowest BCUT2D eigenvalue weighted by atomic mass is 10.0. The van der Waals surface area contributed by atoms with Gasteiger partial charge in [0.05, 0.1) is 6.04 Å². The number of nitrogens with two attached hydrogens (primary N) is 1. The maximum absolute atomic E-state index is 12.4. The van der Waals surface area contributed by atoms with Crippen LogP contribution in [0.15, 0.2) is 30.3 Å². The summed E-state index contributed by atoms with van der Waals surface area (Å²) in [6, 6.07) is 5.48. The van der Waals surface area contributed by atoms with Crippen molar-refractivity contribution in [1.29, 1.82) is 0 Å². The van der Waals surface area contributed by atoms with Crippen LogP contribution in [0.25, 0.3) is 0 Å². The fraction of sp³-hybridized carbons (Fsp3) is 0.500. The highest BCUT2D eigenvalue weighted by molar-refractivity contribution is 5.94. The molecule has 0 fully saturated rings. The van der Waals surface area contributed by atoms with E-state index in [0.29, 0.717) is 6.42 Å². The molecule has 0 aliphatic rings. The fourth-order valence-corrected chi connectivity index (χ4v) is 2.52. The normalized spacial score (nSPS) is 15.0. The third-order valence-electron chi connectivity index (χ3n) is 4.36. The van der Waals surface area contributed by atoms with Crippen molar-refractivity contribution in [1.82, 2.24) is 16.0 Å². The van der Waals surface area contributed by atoms with Crippen molar-refractivity contribution in [2.75, 3.05) is 0 Å². The molecule has 29 heavy (non-hydrogen) atoms. The van der Waals surface area contributed by atoms with Gasteiger partial charge < -0.3 is 26.8 Å². The molecular formula is C20H30N4O5. The lowest BCUT2D eigenvalue weighted by Gasteiger charge is -2.25. The van der Waals surface area contributed by atoms with Crippen LogP contribution in [0, 0.1) is 5.92 Å². The Morgan fingerprint density at radius 2 is 1.41 bits per heavy atom. The minimum atomic E-state index is -1.18. The van der Waals surface area contributed by atoms with Crippen molar-refractivity contribution in [3.8, 4) is 0 Å². The number of carbonyl (C=O) groups is 4. The summed E-state index contributed by atoms with van der Waals surface area (Å²) >= 11 is 0. The van der Waals surface area contributed by atoms with Crippen LogP contribution in [0.2, 0.25) is 0 Å². The molecule has 0 saturated carbocycles. The van der Waals surface area contributed by atoms with Gasteiger partial charge in [0, 0.05) is 0 Å². The molecule has 4 atom stereocenters. The molecule has 0 aromatic heterocycles. The van der Waals surface area contributed by atoms with Gasteiger partial charge in [-0.05, 0) is 31.7 Å². The number of carboxylic acid groups (broad SMARTS) is 1. The first kappa shape index (κ1) is 24.1. The highest BCUT2D eigenvalue weighted by Gasteiger charge is 2.29. The van der Waals surface area contributed by atoms with Crippen LogP contribution < -0.4 is 21.7 Å². The zero-order chi connectivity index (χ0) is 22.1. The molecule has 0 aliphatic carbocycles. The van der Waals surface area contributed by atoms with E-state index in [-0.39, 0.29) is 5.92 Å². The molecule has 0 saturated heterocycles. The lowest BCUT2D eigenvalue weighted by Crippen LogP contribution is -2.57. The molecule has 1 rings (SSSR count). The predicted molar refractivity (Wildman–Crippen MR) is 108 cm³/mol. The van der Waals surface area contributed by atoms with Crippen molar-refractivity contribution in [2.45, 2.75) is 58.3 Å². The summed E-state index contributed by atoms with van der Waals surface area (Å²) in [5.41, 5.74) is 6.81. The maximum atomic E-state index is 12.4. The SMILES string of the molecule is CC(C)[C@@H](NC(=O)[C@@H](C)NC(=O)[C@H](N)Cc1ccccc1)C(=O)N[C@H](C)C(=O)O. The predicted octanol–water partition coefficient (Wildman–Crippen LogP) is -0.209. The molecule has 0 unspecified atom stereocenters. The highest BCUT2D eigenvalue weighted by Crippen LogP contribution is 2.05. The van der Waals surface area contributed by atoms with Gasteiger partial charge in [-0.2, -0.15) is 0 Å². The van der Waals surface area contributed by atoms with Crippen LogP contribution in [0.3, 0.4) is 0 Å². The third-order valence-corrected chi connectivity index (χ3v) is 4.36. The van der Waals surface area contributed by atoms with E-state index in [2.05, 4.69) is 16.0 Å². The number of carboxylic acids is 1. The molecule has 0 bridgehead atoms. The van der Waals surface area contributed by atoms with Gasteiger partial charge >= 0.3 is 5.97 Å². The average Bonchev–Trinajstić information content (AvgIpc) is 2.65. The second kappa shape index (κ2) is 11.2. The highest BCUT2D eigenvalue weighted by atomic mass is 16.4. The molecule has 9 nitrogen and oxygen atoms in total. The smallest absolute Gasteiger partial charge is 0.325 e. The molecule has 0 spiro atoms. The summed E-state index contributed by atoms with van der Waals surface area (Å²) in [6.45, 7) is 6.25. The van der Waals surface area contributed by atoms with Crippen LogP contribution in [-0.2, 0) is 25.6 Å².